The monoisotopic (exact) mass is 236 g/mol. The van der Waals surface area contributed by atoms with E-state index >= 15 is 0 Å². The molecule has 0 saturated carbocycles. The first-order valence-electron chi connectivity index (χ1n) is 5.22. The average Bonchev–Trinajstić information content (AvgIpc) is 2.19. The van der Waals surface area contributed by atoms with Gasteiger partial charge in [0.25, 0.3) is 0 Å². The molecule has 0 aromatic rings. The summed E-state index contributed by atoms with van der Waals surface area (Å²) in [7, 11) is 0. The summed E-state index contributed by atoms with van der Waals surface area (Å²) in [4.78, 5) is 11.7. The van der Waals surface area contributed by atoms with Crippen LogP contribution in [0.4, 0.5) is 0 Å². The predicted molar refractivity (Wildman–Crippen MR) is 62.3 cm³/mol. The van der Waals surface area contributed by atoms with Gasteiger partial charge in [-0.2, -0.15) is 0 Å². The first-order valence-corrected chi connectivity index (χ1v) is 5.22. The molecule has 0 spiro atoms. The van der Waals surface area contributed by atoms with Gasteiger partial charge in [0, 0.05) is 12.6 Å². The van der Waals surface area contributed by atoms with Crippen molar-refractivity contribution in [3.05, 3.63) is 0 Å². The quantitative estimate of drug-likeness (QED) is 0.753. The summed E-state index contributed by atoms with van der Waals surface area (Å²) < 4.78 is 5.22. The number of morpholine rings is 1. The number of hydrogen-bond acceptors (Lipinski definition) is 3. The van der Waals surface area contributed by atoms with Crippen molar-refractivity contribution in [3.8, 4) is 0 Å². The summed E-state index contributed by atoms with van der Waals surface area (Å²) in [6.07, 6.45) is 0. The molecule has 1 aliphatic rings. The number of ether oxygens (including phenoxy) is 1. The van der Waals surface area contributed by atoms with Gasteiger partial charge in [-0.1, -0.05) is 13.8 Å². The maximum absolute atomic E-state index is 11.7. The zero-order chi connectivity index (χ0) is 10.6. The summed E-state index contributed by atoms with van der Waals surface area (Å²) in [6.45, 7) is 8.14. The summed E-state index contributed by atoms with van der Waals surface area (Å²) in [5.41, 5.74) is 0. The number of carbonyl (C=O) groups is 1. The summed E-state index contributed by atoms with van der Waals surface area (Å²) in [5, 5.41) is 6.09. The molecule has 90 valence electrons. The van der Waals surface area contributed by atoms with E-state index in [1.54, 1.807) is 0 Å². The molecule has 4 nitrogen and oxygen atoms in total. The number of rotatable bonds is 3. The summed E-state index contributed by atoms with van der Waals surface area (Å²) in [6, 6.07) is 0.0381. The molecule has 0 aromatic carbocycles. The van der Waals surface area contributed by atoms with Gasteiger partial charge in [-0.15, -0.1) is 12.4 Å². The SMILES string of the molecule is CC(C)C(C)NC(=O)[C@H]1COCCN1.Cl. The van der Waals surface area contributed by atoms with Crippen molar-refractivity contribution in [2.75, 3.05) is 19.8 Å². The minimum absolute atomic E-state index is 0. The molecule has 1 saturated heterocycles. The van der Waals surface area contributed by atoms with Gasteiger partial charge in [0.15, 0.2) is 0 Å². The molecule has 15 heavy (non-hydrogen) atoms. The fourth-order valence-corrected chi connectivity index (χ4v) is 1.23. The van der Waals surface area contributed by atoms with Crippen molar-refractivity contribution in [1.82, 2.24) is 10.6 Å². The second-order valence-electron chi connectivity index (χ2n) is 4.12. The maximum Gasteiger partial charge on any atom is 0.239 e. The lowest BCUT2D eigenvalue weighted by Crippen LogP contribution is -2.53. The number of amides is 1. The largest absolute Gasteiger partial charge is 0.378 e. The van der Waals surface area contributed by atoms with E-state index in [0.29, 0.717) is 19.1 Å². The fraction of sp³-hybridized carbons (Fsp3) is 0.900. The van der Waals surface area contributed by atoms with Crippen LogP contribution in [0.3, 0.4) is 0 Å². The lowest BCUT2D eigenvalue weighted by molar-refractivity contribution is -0.126. The highest BCUT2D eigenvalue weighted by molar-refractivity contribution is 5.85. The van der Waals surface area contributed by atoms with Crippen LogP contribution in [-0.2, 0) is 9.53 Å². The second kappa shape index (κ2) is 7.04. The molecule has 1 fully saturated rings. The van der Waals surface area contributed by atoms with Crippen molar-refractivity contribution < 1.29 is 9.53 Å². The highest BCUT2D eigenvalue weighted by Crippen LogP contribution is 2.01. The molecule has 2 N–H and O–H groups in total. The maximum atomic E-state index is 11.7. The Morgan fingerprint density at radius 3 is 2.60 bits per heavy atom. The third-order valence-electron chi connectivity index (χ3n) is 2.61. The van der Waals surface area contributed by atoms with Crippen LogP contribution < -0.4 is 10.6 Å². The van der Waals surface area contributed by atoms with Gasteiger partial charge in [-0.3, -0.25) is 4.79 Å². The van der Waals surface area contributed by atoms with Crippen molar-refractivity contribution in [2.24, 2.45) is 5.92 Å². The van der Waals surface area contributed by atoms with Crippen LogP contribution in [0, 0.1) is 5.92 Å². The van der Waals surface area contributed by atoms with E-state index < -0.39 is 0 Å². The lowest BCUT2D eigenvalue weighted by Gasteiger charge is -2.25. The minimum Gasteiger partial charge on any atom is -0.378 e. The Balaban J connectivity index is 0.00000196. The number of carbonyl (C=O) groups excluding carboxylic acids is 1. The Hall–Kier alpha value is -0.320. The van der Waals surface area contributed by atoms with Crippen LogP contribution in [-0.4, -0.2) is 37.7 Å². The van der Waals surface area contributed by atoms with Crippen molar-refractivity contribution in [2.45, 2.75) is 32.9 Å². The first-order chi connectivity index (χ1) is 6.61. The number of halogens is 1. The highest BCUT2D eigenvalue weighted by atomic mass is 35.5. The van der Waals surface area contributed by atoms with E-state index in [1.165, 1.54) is 0 Å². The van der Waals surface area contributed by atoms with Crippen molar-refractivity contribution in [1.29, 1.82) is 0 Å². The second-order valence-corrected chi connectivity index (χ2v) is 4.12. The van der Waals surface area contributed by atoms with E-state index in [2.05, 4.69) is 24.5 Å². The molecule has 5 heteroatoms. The molecule has 0 aliphatic carbocycles. The van der Waals surface area contributed by atoms with Crippen LogP contribution in [0.1, 0.15) is 20.8 Å². The Morgan fingerprint density at radius 1 is 1.47 bits per heavy atom. The third kappa shape index (κ3) is 4.82. The van der Waals surface area contributed by atoms with Gasteiger partial charge >= 0.3 is 0 Å². The third-order valence-corrected chi connectivity index (χ3v) is 2.61. The molecule has 1 rings (SSSR count). The molecule has 1 heterocycles. The van der Waals surface area contributed by atoms with E-state index in [9.17, 15) is 4.79 Å². The molecular weight excluding hydrogens is 216 g/mol. The molecule has 2 atom stereocenters. The molecule has 0 bridgehead atoms. The molecule has 1 unspecified atom stereocenters. The number of hydrogen-bond donors (Lipinski definition) is 2. The normalized spacial score (nSPS) is 23.1. The Morgan fingerprint density at radius 2 is 2.13 bits per heavy atom. The molecule has 1 aliphatic heterocycles. The van der Waals surface area contributed by atoms with E-state index in [-0.39, 0.29) is 30.4 Å². The Kier molecular flexibility index (Phi) is 6.89. The van der Waals surface area contributed by atoms with E-state index in [1.807, 2.05) is 6.92 Å². The topological polar surface area (TPSA) is 50.4 Å². The predicted octanol–water partition coefficient (Wildman–Crippen LogP) is 0.557. The van der Waals surface area contributed by atoms with Gasteiger partial charge in [-0.25, -0.2) is 0 Å². The Labute approximate surface area is 97.5 Å². The molecule has 1 amide bonds. The van der Waals surface area contributed by atoms with Gasteiger partial charge in [0.1, 0.15) is 6.04 Å². The van der Waals surface area contributed by atoms with Crippen molar-refractivity contribution in [3.63, 3.8) is 0 Å². The van der Waals surface area contributed by atoms with E-state index in [4.69, 9.17) is 4.74 Å². The van der Waals surface area contributed by atoms with Crippen LogP contribution in [0.2, 0.25) is 0 Å². The van der Waals surface area contributed by atoms with Gasteiger partial charge in [0.05, 0.1) is 13.2 Å². The molecular formula is C10H21ClN2O2. The smallest absolute Gasteiger partial charge is 0.239 e. The zero-order valence-electron chi connectivity index (χ0n) is 9.58. The van der Waals surface area contributed by atoms with Crippen LogP contribution >= 0.6 is 12.4 Å². The standard InChI is InChI=1S/C10H20N2O2.ClH/c1-7(2)8(3)12-10(13)9-6-14-5-4-11-9;/h7-9,11H,4-6H2,1-3H3,(H,12,13);1H/t8?,9-;/m1./s1. The minimum atomic E-state index is -0.176. The Bertz CT molecular complexity index is 194. The zero-order valence-corrected chi connectivity index (χ0v) is 10.4. The first kappa shape index (κ1) is 14.7. The average molecular weight is 237 g/mol. The molecule has 0 aromatic heterocycles. The van der Waals surface area contributed by atoms with Crippen molar-refractivity contribution >= 4 is 18.3 Å². The van der Waals surface area contributed by atoms with Crippen LogP contribution in [0.15, 0.2) is 0 Å². The summed E-state index contributed by atoms with van der Waals surface area (Å²) in [5.74, 6) is 0.509. The van der Waals surface area contributed by atoms with Gasteiger partial charge in [-0.05, 0) is 12.8 Å². The highest BCUT2D eigenvalue weighted by Gasteiger charge is 2.22. The number of nitrogens with one attached hydrogen (secondary N) is 2. The van der Waals surface area contributed by atoms with Crippen LogP contribution in [0.5, 0.6) is 0 Å². The fourth-order valence-electron chi connectivity index (χ4n) is 1.23. The lowest BCUT2D eigenvalue weighted by atomic mass is 10.1. The van der Waals surface area contributed by atoms with Gasteiger partial charge in [0.2, 0.25) is 5.91 Å². The van der Waals surface area contributed by atoms with Gasteiger partial charge < -0.3 is 15.4 Å². The molecule has 0 radical (unpaired) electrons. The summed E-state index contributed by atoms with van der Waals surface area (Å²) >= 11 is 0. The van der Waals surface area contributed by atoms with E-state index in [0.717, 1.165) is 6.54 Å². The van der Waals surface area contributed by atoms with Crippen LogP contribution in [0.25, 0.3) is 0 Å².